The molecule has 0 aromatic heterocycles. The molecule has 1 fully saturated rings. The minimum Gasteiger partial charge on any atom is -0.487 e. The van der Waals surface area contributed by atoms with Gasteiger partial charge in [0.15, 0.2) is 0 Å². The number of anilines is 1. The van der Waals surface area contributed by atoms with Crippen LogP contribution in [-0.4, -0.2) is 17.8 Å². The Morgan fingerprint density at radius 2 is 1.77 bits per heavy atom. The molecular formula is C26H19Cl2FN2O4. The van der Waals surface area contributed by atoms with Crippen LogP contribution < -0.4 is 15.0 Å². The summed E-state index contributed by atoms with van der Waals surface area (Å²) < 4.78 is 19.3. The fraction of sp³-hybridized carbons (Fsp3) is 0.115. The van der Waals surface area contributed by atoms with Crippen LogP contribution in [0.15, 0.2) is 60.2 Å². The Morgan fingerprint density at radius 3 is 2.49 bits per heavy atom. The molecule has 0 radical (unpaired) electrons. The number of carbonyl (C=O) groups is 3. The number of ether oxygens (including phenoxy) is 1. The van der Waals surface area contributed by atoms with Gasteiger partial charge in [-0.1, -0.05) is 41.4 Å². The maximum Gasteiger partial charge on any atom is 0.335 e. The lowest BCUT2D eigenvalue weighted by Crippen LogP contribution is -2.54. The van der Waals surface area contributed by atoms with Gasteiger partial charge in [0.05, 0.1) is 10.7 Å². The van der Waals surface area contributed by atoms with E-state index in [2.05, 4.69) is 5.32 Å². The Bertz CT molecular complexity index is 1400. The lowest BCUT2D eigenvalue weighted by atomic mass is 10.0. The average Bonchev–Trinajstić information content (AvgIpc) is 2.78. The van der Waals surface area contributed by atoms with E-state index in [9.17, 15) is 18.8 Å². The van der Waals surface area contributed by atoms with Crippen molar-refractivity contribution in [2.75, 3.05) is 4.90 Å². The summed E-state index contributed by atoms with van der Waals surface area (Å²) in [5, 5.41) is 2.56. The van der Waals surface area contributed by atoms with Crippen molar-refractivity contribution in [3.05, 3.63) is 98.3 Å². The number of urea groups is 1. The van der Waals surface area contributed by atoms with Gasteiger partial charge in [0.1, 0.15) is 23.7 Å². The Kier molecular flexibility index (Phi) is 6.91. The fourth-order valence-corrected chi connectivity index (χ4v) is 4.10. The maximum atomic E-state index is 13.5. The highest BCUT2D eigenvalue weighted by atomic mass is 35.5. The highest BCUT2D eigenvalue weighted by Crippen LogP contribution is 2.35. The van der Waals surface area contributed by atoms with Crippen molar-refractivity contribution >= 4 is 52.8 Å². The number of nitrogens with one attached hydrogen (secondary N) is 1. The number of carbonyl (C=O) groups excluding carboxylic acids is 3. The maximum absolute atomic E-state index is 13.5. The van der Waals surface area contributed by atoms with Crippen molar-refractivity contribution in [2.45, 2.75) is 20.5 Å². The second kappa shape index (κ2) is 9.90. The number of hydrogen-bond donors (Lipinski definition) is 1. The minimum atomic E-state index is -0.868. The van der Waals surface area contributed by atoms with Crippen LogP contribution in [0.1, 0.15) is 22.3 Å². The summed E-state index contributed by atoms with van der Waals surface area (Å²) in [6.45, 7) is 3.73. The summed E-state index contributed by atoms with van der Waals surface area (Å²) in [5.74, 6) is -1.96. The summed E-state index contributed by atoms with van der Waals surface area (Å²) >= 11 is 12.5. The van der Waals surface area contributed by atoms with Gasteiger partial charge in [0.25, 0.3) is 11.8 Å². The van der Waals surface area contributed by atoms with Gasteiger partial charge in [-0.25, -0.2) is 14.1 Å². The second-order valence-electron chi connectivity index (χ2n) is 7.95. The molecule has 178 valence electrons. The first-order chi connectivity index (χ1) is 16.6. The third-order valence-corrected chi connectivity index (χ3v) is 5.96. The molecule has 0 spiro atoms. The topological polar surface area (TPSA) is 75.7 Å². The van der Waals surface area contributed by atoms with Gasteiger partial charge in [-0.2, -0.15) is 0 Å². The number of halogens is 3. The van der Waals surface area contributed by atoms with Gasteiger partial charge in [-0.3, -0.25) is 14.9 Å². The molecule has 4 rings (SSSR count). The molecule has 9 heteroatoms. The van der Waals surface area contributed by atoms with E-state index < -0.39 is 23.7 Å². The van der Waals surface area contributed by atoms with Crippen LogP contribution >= 0.6 is 23.2 Å². The zero-order valence-corrected chi connectivity index (χ0v) is 20.2. The highest BCUT2D eigenvalue weighted by Gasteiger charge is 2.37. The second-order valence-corrected chi connectivity index (χ2v) is 8.79. The van der Waals surface area contributed by atoms with Crippen molar-refractivity contribution in [2.24, 2.45) is 0 Å². The molecule has 3 aromatic carbocycles. The predicted molar refractivity (Wildman–Crippen MR) is 132 cm³/mol. The summed E-state index contributed by atoms with van der Waals surface area (Å²) in [7, 11) is 0. The van der Waals surface area contributed by atoms with Gasteiger partial charge in [0, 0.05) is 10.6 Å². The van der Waals surface area contributed by atoms with Crippen molar-refractivity contribution in [1.82, 2.24) is 5.32 Å². The van der Waals surface area contributed by atoms with Crippen LogP contribution in [0.3, 0.4) is 0 Å². The monoisotopic (exact) mass is 512 g/mol. The van der Waals surface area contributed by atoms with E-state index in [-0.39, 0.29) is 33.5 Å². The quantitative estimate of drug-likeness (QED) is 0.336. The average molecular weight is 513 g/mol. The molecule has 1 aliphatic heterocycles. The lowest BCUT2D eigenvalue weighted by Gasteiger charge is -2.27. The molecule has 0 atom stereocenters. The minimum absolute atomic E-state index is 0.0251. The van der Waals surface area contributed by atoms with E-state index in [1.165, 1.54) is 30.3 Å². The number of imide groups is 2. The van der Waals surface area contributed by atoms with Gasteiger partial charge >= 0.3 is 6.03 Å². The first-order valence-corrected chi connectivity index (χ1v) is 11.2. The normalized spacial score (nSPS) is 14.9. The Labute approximate surface area is 210 Å². The molecule has 1 N–H and O–H groups in total. The molecule has 1 saturated heterocycles. The lowest BCUT2D eigenvalue weighted by molar-refractivity contribution is -0.122. The van der Waals surface area contributed by atoms with E-state index in [1.807, 2.05) is 13.8 Å². The third kappa shape index (κ3) is 5.21. The number of amides is 4. The largest absolute Gasteiger partial charge is 0.487 e. The molecule has 0 aliphatic carbocycles. The number of rotatable bonds is 5. The van der Waals surface area contributed by atoms with Crippen LogP contribution in [0, 0.1) is 19.7 Å². The van der Waals surface area contributed by atoms with Gasteiger partial charge < -0.3 is 4.74 Å². The van der Waals surface area contributed by atoms with Gasteiger partial charge in [0.2, 0.25) is 0 Å². The zero-order chi connectivity index (χ0) is 25.3. The molecule has 0 unspecified atom stereocenters. The molecule has 0 saturated carbocycles. The van der Waals surface area contributed by atoms with Crippen molar-refractivity contribution < 1.29 is 23.5 Å². The predicted octanol–water partition coefficient (Wildman–Crippen LogP) is 5.99. The molecule has 6 nitrogen and oxygen atoms in total. The Balaban J connectivity index is 1.72. The third-order valence-electron chi connectivity index (χ3n) is 5.46. The number of barbiturate groups is 1. The zero-order valence-electron chi connectivity index (χ0n) is 18.7. The molecule has 0 bridgehead atoms. The van der Waals surface area contributed by atoms with Gasteiger partial charge in [-0.05, 0) is 73.0 Å². The smallest absolute Gasteiger partial charge is 0.335 e. The number of hydrogen-bond acceptors (Lipinski definition) is 4. The SMILES string of the molecule is Cc1ccc(N2C(=O)NC(=O)/C(=C\c3cc(Cl)cc(Cl)c3OCc3cccc(F)c3)C2=O)cc1C. The summed E-state index contributed by atoms with van der Waals surface area (Å²) in [4.78, 5) is 39.3. The number of benzene rings is 3. The van der Waals surface area contributed by atoms with Gasteiger partial charge in [-0.15, -0.1) is 0 Å². The van der Waals surface area contributed by atoms with E-state index in [0.29, 0.717) is 11.3 Å². The molecule has 3 aromatic rings. The number of nitrogens with zero attached hydrogens (tertiary/aromatic N) is 1. The molecule has 4 amide bonds. The fourth-order valence-electron chi connectivity index (χ4n) is 3.53. The highest BCUT2D eigenvalue weighted by molar-refractivity contribution is 6.40. The summed E-state index contributed by atoms with van der Waals surface area (Å²) in [5.41, 5.74) is 2.66. The molecule has 35 heavy (non-hydrogen) atoms. The van der Waals surface area contributed by atoms with E-state index >= 15 is 0 Å². The van der Waals surface area contributed by atoms with E-state index in [4.69, 9.17) is 27.9 Å². The van der Waals surface area contributed by atoms with E-state index in [0.717, 1.165) is 16.0 Å². The standard InChI is InChI=1S/C26H19Cl2FN2O4/c1-14-6-7-20(8-15(14)2)31-25(33)21(24(32)30-26(31)34)11-17-10-18(27)12-22(28)23(17)35-13-16-4-3-5-19(29)9-16/h3-12H,13H2,1-2H3,(H,30,32,34)/b21-11+. The van der Waals surface area contributed by atoms with Crippen LogP contribution in [0.25, 0.3) is 6.08 Å². The molecule has 1 aliphatic rings. The van der Waals surface area contributed by atoms with E-state index in [1.54, 1.807) is 30.3 Å². The molecule has 1 heterocycles. The van der Waals surface area contributed by atoms with Crippen molar-refractivity contribution in [1.29, 1.82) is 0 Å². The Morgan fingerprint density at radius 1 is 1.00 bits per heavy atom. The van der Waals surface area contributed by atoms with Crippen molar-refractivity contribution in [3.8, 4) is 5.75 Å². The first kappa shape index (κ1) is 24.4. The first-order valence-electron chi connectivity index (χ1n) is 10.5. The Hall–Kier alpha value is -3.68. The van der Waals surface area contributed by atoms with Crippen LogP contribution in [0.5, 0.6) is 5.75 Å². The van der Waals surface area contributed by atoms with Crippen molar-refractivity contribution in [3.63, 3.8) is 0 Å². The molecular weight excluding hydrogens is 494 g/mol. The summed E-state index contributed by atoms with van der Waals surface area (Å²) in [6.07, 6.45) is 1.26. The van der Waals surface area contributed by atoms with Crippen LogP contribution in [0.4, 0.5) is 14.9 Å². The van der Waals surface area contributed by atoms with Crippen LogP contribution in [0.2, 0.25) is 10.0 Å². The van der Waals surface area contributed by atoms with Crippen LogP contribution in [-0.2, 0) is 16.2 Å². The summed E-state index contributed by atoms with van der Waals surface area (Å²) in [6, 6.07) is 13.0. The number of aryl methyl sites for hydroxylation is 2.